The van der Waals surface area contributed by atoms with Gasteiger partial charge in [0.2, 0.25) is 0 Å². The van der Waals surface area contributed by atoms with Gasteiger partial charge in [-0.2, -0.15) is 0 Å². The predicted octanol–water partition coefficient (Wildman–Crippen LogP) is 1.85. The van der Waals surface area contributed by atoms with Gasteiger partial charge in [-0.05, 0) is 19.9 Å². The highest BCUT2D eigenvalue weighted by Gasteiger charge is 2.03. The van der Waals surface area contributed by atoms with Gasteiger partial charge in [0.25, 0.3) is 0 Å². The van der Waals surface area contributed by atoms with Crippen LogP contribution < -0.4 is 10.1 Å². The number of nitrogens with one attached hydrogen (secondary N) is 1. The maximum absolute atomic E-state index is 5.37. The third kappa shape index (κ3) is 3.98. The van der Waals surface area contributed by atoms with Gasteiger partial charge in [0, 0.05) is 24.0 Å². The van der Waals surface area contributed by atoms with Crippen molar-refractivity contribution in [3.05, 3.63) is 30.1 Å². The van der Waals surface area contributed by atoms with E-state index in [4.69, 9.17) is 4.74 Å². The largest absolute Gasteiger partial charge is 0.463 e. The Hall–Kier alpha value is -1.42. The number of nitrogens with zero attached hydrogens (tertiary/aromatic N) is 2. The summed E-state index contributed by atoms with van der Waals surface area (Å²) < 4.78 is 5.37. The van der Waals surface area contributed by atoms with Crippen molar-refractivity contribution in [3.8, 4) is 6.01 Å². The highest BCUT2D eigenvalue weighted by Crippen LogP contribution is 2.08. The van der Waals surface area contributed by atoms with Gasteiger partial charge in [0.05, 0.1) is 6.61 Å². The molecule has 1 aromatic rings. The van der Waals surface area contributed by atoms with Crippen molar-refractivity contribution in [1.29, 1.82) is 0 Å². The van der Waals surface area contributed by atoms with Crippen LogP contribution in [0.5, 0.6) is 6.01 Å². The third-order valence-electron chi connectivity index (χ3n) is 2.18. The molecule has 0 radical (unpaired) electrons. The van der Waals surface area contributed by atoms with E-state index in [1.165, 1.54) is 0 Å². The molecule has 1 heterocycles. The number of hydrogen-bond acceptors (Lipinski definition) is 4. The van der Waals surface area contributed by atoms with Crippen molar-refractivity contribution in [3.63, 3.8) is 0 Å². The molecule has 0 saturated carbocycles. The Morgan fingerprint density at radius 2 is 2.38 bits per heavy atom. The topological polar surface area (TPSA) is 47.0 Å². The molecule has 0 fully saturated rings. The summed E-state index contributed by atoms with van der Waals surface area (Å²) >= 11 is 0. The summed E-state index contributed by atoms with van der Waals surface area (Å²) in [5.74, 6) is 0. The summed E-state index contributed by atoms with van der Waals surface area (Å²) in [5, 5.41) is 3.24. The maximum atomic E-state index is 5.37. The zero-order valence-electron chi connectivity index (χ0n) is 9.99. The van der Waals surface area contributed by atoms with E-state index >= 15 is 0 Å². The average molecular weight is 221 g/mol. The zero-order chi connectivity index (χ0) is 11.8. The third-order valence-corrected chi connectivity index (χ3v) is 2.18. The minimum Gasteiger partial charge on any atom is -0.463 e. The molecule has 1 rings (SSSR count). The highest BCUT2D eigenvalue weighted by atomic mass is 16.5. The van der Waals surface area contributed by atoms with Crippen molar-refractivity contribution in [1.82, 2.24) is 15.3 Å². The standard InChI is InChI=1S/C12H19N3O/c1-4-6-7-16-12-14-9-11(8-13-5-2)10(3)15-12/h4,9,13H,1,5-8H2,2-3H3. The number of rotatable bonds is 7. The lowest BCUT2D eigenvalue weighted by Crippen LogP contribution is -2.14. The number of ether oxygens (including phenoxy) is 1. The Labute approximate surface area is 96.8 Å². The lowest BCUT2D eigenvalue weighted by molar-refractivity contribution is 0.298. The van der Waals surface area contributed by atoms with Crippen molar-refractivity contribution >= 4 is 0 Å². The Bertz CT molecular complexity index is 339. The Balaban J connectivity index is 2.56. The molecule has 0 bridgehead atoms. The normalized spacial score (nSPS) is 10.1. The Kier molecular flexibility index (Phi) is 5.50. The van der Waals surface area contributed by atoms with Crippen molar-refractivity contribution in [2.24, 2.45) is 0 Å². The van der Waals surface area contributed by atoms with E-state index in [9.17, 15) is 0 Å². The molecule has 16 heavy (non-hydrogen) atoms. The van der Waals surface area contributed by atoms with Gasteiger partial charge in [-0.15, -0.1) is 6.58 Å². The first kappa shape index (κ1) is 12.6. The lowest BCUT2D eigenvalue weighted by atomic mass is 10.2. The van der Waals surface area contributed by atoms with Crippen LogP contribution in [0.4, 0.5) is 0 Å². The molecule has 0 aliphatic carbocycles. The SMILES string of the molecule is C=CCCOc1ncc(CNCC)c(C)n1. The first-order valence-corrected chi connectivity index (χ1v) is 5.54. The van der Waals surface area contributed by atoms with Gasteiger partial charge in [-0.3, -0.25) is 0 Å². The van der Waals surface area contributed by atoms with Crippen LogP contribution in [0.25, 0.3) is 0 Å². The molecular formula is C12H19N3O. The highest BCUT2D eigenvalue weighted by molar-refractivity contribution is 5.17. The Morgan fingerprint density at radius 3 is 3.00 bits per heavy atom. The molecule has 0 spiro atoms. The van der Waals surface area contributed by atoms with Crippen LogP contribution in [0, 0.1) is 6.92 Å². The van der Waals surface area contributed by atoms with Gasteiger partial charge in [0.15, 0.2) is 0 Å². The van der Waals surface area contributed by atoms with Gasteiger partial charge in [-0.1, -0.05) is 13.0 Å². The second-order valence-electron chi connectivity index (χ2n) is 3.47. The first-order chi connectivity index (χ1) is 7.77. The summed E-state index contributed by atoms with van der Waals surface area (Å²) in [6, 6.07) is 0.444. The quantitative estimate of drug-likeness (QED) is 0.564. The molecule has 1 aromatic heterocycles. The predicted molar refractivity (Wildman–Crippen MR) is 64.5 cm³/mol. The number of aromatic nitrogens is 2. The fraction of sp³-hybridized carbons (Fsp3) is 0.500. The molecule has 0 unspecified atom stereocenters. The summed E-state index contributed by atoms with van der Waals surface area (Å²) in [4.78, 5) is 8.45. The summed E-state index contributed by atoms with van der Waals surface area (Å²) in [6.45, 7) is 9.99. The average Bonchev–Trinajstić information content (AvgIpc) is 2.28. The zero-order valence-corrected chi connectivity index (χ0v) is 9.99. The molecular weight excluding hydrogens is 202 g/mol. The van der Waals surface area contributed by atoms with E-state index in [0.29, 0.717) is 12.6 Å². The smallest absolute Gasteiger partial charge is 0.316 e. The molecule has 0 aliphatic heterocycles. The van der Waals surface area contributed by atoms with Crippen molar-refractivity contribution in [2.75, 3.05) is 13.2 Å². The summed E-state index contributed by atoms with van der Waals surface area (Å²) in [6.07, 6.45) is 4.43. The fourth-order valence-corrected chi connectivity index (χ4v) is 1.21. The van der Waals surface area contributed by atoms with E-state index in [-0.39, 0.29) is 0 Å². The van der Waals surface area contributed by atoms with Crippen LogP contribution in [-0.4, -0.2) is 23.1 Å². The fourth-order valence-electron chi connectivity index (χ4n) is 1.21. The van der Waals surface area contributed by atoms with Crippen LogP contribution in [-0.2, 0) is 6.54 Å². The Morgan fingerprint density at radius 1 is 1.56 bits per heavy atom. The molecule has 0 aliphatic rings. The molecule has 0 atom stereocenters. The van der Waals surface area contributed by atoms with Crippen LogP contribution in [0.3, 0.4) is 0 Å². The van der Waals surface area contributed by atoms with E-state index < -0.39 is 0 Å². The number of aryl methyl sites for hydroxylation is 1. The van der Waals surface area contributed by atoms with E-state index in [2.05, 4.69) is 28.8 Å². The summed E-state index contributed by atoms with van der Waals surface area (Å²) in [7, 11) is 0. The number of hydrogen-bond donors (Lipinski definition) is 1. The first-order valence-electron chi connectivity index (χ1n) is 5.54. The molecule has 4 heteroatoms. The molecule has 88 valence electrons. The van der Waals surface area contributed by atoms with Crippen molar-refractivity contribution in [2.45, 2.75) is 26.8 Å². The van der Waals surface area contributed by atoms with E-state index in [1.807, 2.05) is 19.2 Å². The van der Waals surface area contributed by atoms with E-state index in [0.717, 1.165) is 30.8 Å². The lowest BCUT2D eigenvalue weighted by Gasteiger charge is -2.07. The van der Waals surface area contributed by atoms with Gasteiger partial charge in [0.1, 0.15) is 0 Å². The minimum absolute atomic E-state index is 0.444. The second kappa shape index (κ2) is 6.95. The van der Waals surface area contributed by atoms with Crippen LogP contribution in [0.2, 0.25) is 0 Å². The minimum atomic E-state index is 0.444. The molecule has 0 amide bonds. The second-order valence-corrected chi connectivity index (χ2v) is 3.47. The van der Waals surface area contributed by atoms with Crippen LogP contribution >= 0.6 is 0 Å². The molecule has 1 N–H and O–H groups in total. The van der Waals surface area contributed by atoms with Gasteiger partial charge >= 0.3 is 6.01 Å². The van der Waals surface area contributed by atoms with Gasteiger partial charge < -0.3 is 10.1 Å². The van der Waals surface area contributed by atoms with E-state index in [1.54, 1.807) is 0 Å². The molecule has 4 nitrogen and oxygen atoms in total. The van der Waals surface area contributed by atoms with Crippen molar-refractivity contribution < 1.29 is 4.74 Å². The molecule has 0 saturated heterocycles. The molecule has 0 aromatic carbocycles. The summed E-state index contributed by atoms with van der Waals surface area (Å²) in [5.41, 5.74) is 2.07. The van der Waals surface area contributed by atoms with Crippen LogP contribution in [0.1, 0.15) is 24.6 Å². The monoisotopic (exact) mass is 221 g/mol. The van der Waals surface area contributed by atoms with Crippen LogP contribution in [0.15, 0.2) is 18.9 Å². The maximum Gasteiger partial charge on any atom is 0.316 e. The van der Waals surface area contributed by atoms with Gasteiger partial charge in [-0.25, -0.2) is 9.97 Å².